The maximum atomic E-state index is 10.7. The third-order valence-electron chi connectivity index (χ3n) is 1.60. The predicted octanol–water partition coefficient (Wildman–Crippen LogP) is 1.92. The fourth-order valence-corrected chi connectivity index (χ4v) is 1.45. The molecule has 0 aromatic heterocycles. The van der Waals surface area contributed by atoms with Crippen LogP contribution >= 0.6 is 15.9 Å². The summed E-state index contributed by atoms with van der Waals surface area (Å²) in [5, 5.41) is 19.0. The number of nitro groups is 1. The van der Waals surface area contributed by atoms with Crippen LogP contribution in [0.2, 0.25) is 0 Å². The van der Waals surface area contributed by atoms with Gasteiger partial charge in [-0.3, -0.25) is 10.1 Å². The summed E-state index contributed by atoms with van der Waals surface area (Å²) in [6.07, 6.45) is 0. The van der Waals surface area contributed by atoms with E-state index in [9.17, 15) is 14.9 Å². The van der Waals surface area contributed by atoms with Crippen molar-refractivity contribution in [2.75, 3.05) is 0 Å². The fourth-order valence-electron chi connectivity index (χ4n) is 1.04. The van der Waals surface area contributed by atoms with Crippen molar-refractivity contribution in [2.24, 2.45) is 0 Å². The highest BCUT2D eigenvalue weighted by Crippen LogP contribution is 2.17. The summed E-state index contributed by atoms with van der Waals surface area (Å²) >= 11 is 3.12. The normalized spacial score (nSPS) is 9.79. The quantitative estimate of drug-likeness (QED) is 0.665. The molecule has 0 unspecified atom stereocenters. The molecule has 14 heavy (non-hydrogen) atoms. The van der Waals surface area contributed by atoms with E-state index >= 15 is 0 Å². The first-order valence-electron chi connectivity index (χ1n) is 3.64. The minimum atomic E-state index is -1.16. The lowest BCUT2D eigenvalue weighted by atomic mass is 10.1. The van der Waals surface area contributed by atoms with E-state index in [0.717, 1.165) is 0 Å². The maximum absolute atomic E-state index is 10.7. The molecule has 0 bridgehead atoms. The largest absolute Gasteiger partial charge is 0.478 e. The van der Waals surface area contributed by atoms with Crippen molar-refractivity contribution in [3.05, 3.63) is 43.9 Å². The second-order valence-electron chi connectivity index (χ2n) is 2.60. The van der Waals surface area contributed by atoms with E-state index in [-0.39, 0.29) is 11.1 Å². The molecule has 0 amide bonds. The number of carboxylic acid groups (broad SMARTS) is 1. The van der Waals surface area contributed by atoms with Crippen LogP contribution in [0, 0.1) is 10.1 Å². The van der Waals surface area contributed by atoms with Crippen molar-refractivity contribution in [1.29, 1.82) is 0 Å². The standard InChI is InChI=1S/C8H6BrNO4/c9-6-1-2-7(8(11)12)5(3-6)4-10(13)14/h1-3H,4H2,(H,11,12). The summed E-state index contributed by atoms with van der Waals surface area (Å²) in [5.74, 6) is -1.16. The predicted molar refractivity (Wildman–Crippen MR) is 51.8 cm³/mol. The van der Waals surface area contributed by atoms with Gasteiger partial charge in [-0.25, -0.2) is 4.79 Å². The zero-order chi connectivity index (χ0) is 10.7. The van der Waals surface area contributed by atoms with E-state index < -0.39 is 17.4 Å². The Labute approximate surface area is 87.6 Å². The molecule has 0 atom stereocenters. The molecule has 5 nitrogen and oxygen atoms in total. The summed E-state index contributed by atoms with van der Waals surface area (Å²) < 4.78 is 0.624. The maximum Gasteiger partial charge on any atom is 0.336 e. The van der Waals surface area contributed by atoms with Crippen LogP contribution in [0.4, 0.5) is 0 Å². The van der Waals surface area contributed by atoms with Crippen molar-refractivity contribution < 1.29 is 14.8 Å². The first-order chi connectivity index (χ1) is 6.50. The van der Waals surface area contributed by atoms with Crippen LogP contribution in [0.5, 0.6) is 0 Å². The molecule has 0 fully saturated rings. The summed E-state index contributed by atoms with van der Waals surface area (Å²) in [5.41, 5.74) is 0.154. The second kappa shape index (κ2) is 4.19. The van der Waals surface area contributed by atoms with Gasteiger partial charge in [0.25, 0.3) is 0 Å². The van der Waals surface area contributed by atoms with Gasteiger partial charge in [-0.05, 0) is 18.2 Å². The molecule has 0 saturated carbocycles. The first-order valence-corrected chi connectivity index (χ1v) is 4.43. The van der Waals surface area contributed by atoms with E-state index in [4.69, 9.17) is 5.11 Å². The van der Waals surface area contributed by atoms with Gasteiger partial charge in [0.15, 0.2) is 0 Å². The Kier molecular flexibility index (Phi) is 3.19. The van der Waals surface area contributed by atoms with Gasteiger partial charge in [-0.2, -0.15) is 0 Å². The summed E-state index contributed by atoms with van der Waals surface area (Å²) in [6, 6.07) is 4.31. The molecule has 6 heteroatoms. The minimum absolute atomic E-state index is 0.0371. The third kappa shape index (κ3) is 2.53. The van der Waals surface area contributed by atoms with Crippen molar-refractivity contribution in [2.45, 2.75) is 6.54 Å². The van der Waals surface area contributed by atoms with Crippen LogP contribution in [-0.2, 0) is 6.54 Å². The molecular weight excluding hydrogens is 254 g/mol. The van der Waals surface area contributed by atoms with Crippen LogP contribution in [0.25, 0.3) is 0 Å². The number of carbonyl (C=O) groups is 1. The Hall–Kier alpha value is -1.43. The van der Waals surface area contributed by atoms with E-state index in [1.165, 1.54) is 18.2 Å². The highest BCUT2D eigenvalue weighted by atomic mass is 79.9. The van der Waals surface area contributed by atoms with Crippen molar-refractivity contribution >= 4 is 21.9 Å². The van der Waals surface area contributed by atoms with Crippen LogP contribution in [-0.4, -0.2) is 16.0 Å². The molecule has 0 saturated heterocycles. The average molecular weight is 260 g/mol. The van der Waals surface area contributed by atoms with Gasteiger partial charge in [0.1, 0.15) is 0 Å². The lowest BCUT2D eigenvalue weighted by Gasteiger charge is -2.01. The lowest BCUT2D eigenvalue weighted by molar-refractivity contribution is -0.496. The zero-order valence-corrected chi connectivity index (χ0v) is 8.52. The molecule has 1 aromatic rings. The number of carboxylic acids is 1. The Morgan fingerprint density at radius 2 is 2.21 bits per heavy atom. The summed E-state index contributed by atoms with van der Waals surface area (Å²) in [6.45, 7) is -0.485. The van der Waals surface area contributed by atoms with E-state index in [1.807, 2.05) is 0 Å². The van der Waals surface area contributed by atoms with Crippen molar-refractivity contribution in [3.8, 4) is 0 Å². The molecule has 0 heterocycles. The number of benzene rings is 1. The van der Waals surface area contributed by atoms with Gasteiger partial charge >= 0.3 is 5.97 Å². The molecule has 1 aromatic carbocycles. The van der Waals surface area contributed by atoms with E-state index in [2.05, 4.69) is 15.9 Å². The number of aromatic carboxylic acids is 1. The molecule has 74 valence electrons. The van der Waals surface area contributed by atoms with Crippen LogP contribution < -0.4 is 0 Å². The van der Waals surface area contributed by atoms with Gasteiger partial charge in [0, 0.05) is 15.0 Å². The van der Waals surface area contributed by atoms with Crippen LogP contribution in [0.3, 0.4) is 0 Å². The van der Waals surface area contributed by atoms with Gasteiger partial charge in [0.05, 0.1) is 5.56 Å². The molecule has 0 aliphatic carbocycles. The lowest BCUT2D eigenvalue weighted by Crippen LogP contribution is -2.06. The first kappa shape index (κ1) is 10.6. The molecular formula is C8H6BrNO4. The number of nitrogens with zero attached hydrogens (tertiary/aromatic N) is 1. The monoisotopic (exact) mass is 259 g/mol. The fraction of sp³-hybridized carbons (Fsp3) is 0.125. The van der Waals surface area contributed by atoms with E-state index in [1.54, 1.807) is 0 Å². The third-order valence-corrected chi connectivity index (χ3v) is 2.09. The number of halogens is 1. The second-order valence-corrected chi connectivity index (χ2v) is 3.51. The molecule has 1 rings (SSSR count). The molecule has 0 aliphatic rings. The Morgan fingerprint density at radius 3 is 2.71 bits per heavy atom. The van der Waals surface area contributed by atoms with Gasteiger partial charge < -0.3 is 5.11 Å². The van der Waals surface area contributed by atoms with Crippen LogP contribution in [0.15, 0.2) is 22.7 Å². The molecule has 0 aliphatic heterocycles. The average Bonchev–Trinajstić information content (AvgIpc) is 2.01. The van der Waals surface area contributed by atoms with Crippen molar-refractivity contribution in [3.63, 3.8) is 0 Å². The SMILES string of the molecule is O=C(O)c1ccc(Br)cc1C[N+](=O)[O-]. The summed E-state index contributed by atoms with van der Waals surface area (Å²) in [4.78, 5) is 20.4. The number of hydrogen-bond donors (Lipinski definition) is 1. The van der Waals surface area contributed by atoms with E-state index in [0.29, 0.717) is 4.47 Å². The number of hydrogen-bond acceptors (Lipinski definition) is 3. The molecule has 1 N–H and O–H groups in total. The number of rotatable bonds is 3. The highest BCUT2D eigenvalue weighted by molar-refractivity contribution is 9.10. The van der Waals surface area contributed by atoms with Gasteiger partial charge in [-0.15, -0.1) is 0 Å². The van der Waals surface area contributed by atoms with Crippen LogP contribution in [0.1, 0.15) is 15.9 Å². The Balaban J connectivity index is 3.15. The molecule has 0 spiro atoms. The topological polar surface area (TPSA) is 80.4 Å². The van der Waals surface area contributed by atoms with Crippen molar-refractivity contribution in [1.82, 2.24) is 0 Å². The van der Waals surface area contributed by atoms with Gasteiger partial charge in [0.2, 0.25) is 6.54 Å². The summed E-state index contributed by atoms with van der Waals surface area (Å²) in [7, 11) is 0. The minimum Gasteiger partial charge on any atom is -0.478 e. The Morgan fingerprint density at radius 1 is 1.57 bits per heavy atom. The Bertz CT molecular complexity index is 391. The molecule has 0 radical (unpaired) electrons. The highest BCUT2D eigenvalue weighted by Gasteiger charge is 2.14. The smallest absolute Gasteiger partial charge is 0.336 e. The van der Waals surface area contributed by atoms with Gasteiger partial charge in [-0.1, -0.05) is 15.9 Å². The zero-order valence-electron chi connectivity index (χ0n) is 6.94.